The van der Waals surface area contributed by atoms with E-state index < -0.39 is 15.6 Å². The van der Waals surface area contributed by atoms with Gasteiger partial charge in [0.15, 0.2) is 0 Å². The van der Waals surface area contributed by atoms with Crippen LogP contribution < -0.4 is 10.0 Å². The van der Waals surface area contributed by atoms with E-state index in [-0.39, 0.29) is 11.4 Å². The summed E-state index contributed by atoms with van der Waals surface area (Å²) in [6.45, 7) is 3.01. The van der Waals surface area contributed by atoms with Gasteiger partial charge in [-0.15, -0.1) is 0 Å². The highest BCUT2D eigenvalue weighted by Crippen LogP contribution is 2.15. The first-order valence-corrected chi connectivity index (χ1v) is 7.39. The molecule has 1 heterocycles. The molecule has 1 aliphatic heterocycles. The molecule has 1 aliphatic rings. The standard InChI is InChI=1S/C12H18N2O3S/c1-10-3-2-4-11(7-10)18(16,17)14-9-12(15)5-6-13-8-12/h2-4,7,13-15H,5-6,8-9H2,1H3. The topological polar surface area (TPSA) is 78.4 Å². The minimum absolute atomic E-state index is 0.0380. The molecule has 0 amide bonds. The lowest BCUT2D eigenvalue weighted by Gasteiger charge is -2.21. The number of β-amino-alcohol motifs (C(OH)–C–C–N with tert-alkyl or cyclic N) is 1. The quantitative estimate of drug-likeness (QED) is 0.719. The van der Waals surface area contributed by atoms with Crippen molar-refractivity contribution < 1.29 is 13.5 Å². The maximum Gasteiger partial charge on any atom is 0.240 e. The summed E-state index contributed by atoms with van der Waals surface area (Å²) in [5, 5.41) is 13.1. The van der Waals surface area contributed by atoms with Gasteiger partial charge in [0.25, 0.3) is 0 Å². The van der Waals surface area contributed by atoms with E-state index in [1.54, 1.807) is 18.2 Å². The second-order valence-electron chi connectivity index (χ2n) is 4.79. The molecule has 0 radical (unpaired) electrons. The van der Waals surface area contributed by atoms with Crippen molar-refractivity contribution in [1.82, 2.24) is 10.0 Å². The van der Waals surface area contributed by atoms with E-state index in [1.165, 1.54) is 0 Å². The van der Waals surface area contributed by atoms with Crippen molar-refractivity contribution in [2.75, 3.05) is 19.6 Å². The van der Waals surface area contributed by atoms with E-state index >= 15 is 0 Å². The molecule has 0 saturated carbocycles. The number of rotatable bonds is 4. The molecule has 1 aromatic carbocycles. The predicted octanol–water partition coefficient (Wildman–Crippen LogP) is -0.00228. The maximum absolute atomic E-state index is 12.0. The molecule has 1 aromatic rings. The molecule has 5 nitrogen and oxygen atoms in total. The van der Waals surface area contributed by atoms with Gasteiger partial charge in [0.1, 0.15) is 0 Å². The number of aliphatic hydroxyl groups is 1. The molecule has 3 N–H and O–H groups in total. The molecule has 0 aromatic heterocycles. The summed E-state index contributed by atoms with van der Waals surface area (Å²) in [4.78, 5) is 0.233. The van der Waals surface area contributed by atoms with Crippen molar-refractivity contribution in [2.24, 2.45) is 0 Å². The number of aryl methyl sites for hydroxylation is 1. The minimum Gasteiger partial charge on any atom is -0.387 e. The number of nitrogens with one attached hydrogen (secondary N) is 2. The molecule has 1 unspecified atom stereocenters. The van der Waals surface area contributed by atoms with Crippen molar-refractivity contribution in [2.45, 2.75) is 23.8 Å². The van der Waals surface area contributed by atoms with E-state index in [4.69, 9.17) is 0 Å². The molecule has 1 fully saturated rings. The molecule has 18 heavy (non-hydrogen) atoms. The maximum atomic E-state index is 12.0. The molecule has 0 spiro atoms. The SMILES string of the molecule is Cc1cccc(S(=O)(=O)NCC2(O)CCNC2)c1. The molecular weight excluding hydrogens is 252 g/mol. The van der Waals surface area contributed by atoms with Gasteiger partial charge in [-0.05, 0) is 37.6 Å². The summed E-state index contributed by atoms with van der Waals surface area (Å²) < 4.78 is 26.5. The zero-order valence-corrected chi connectivity index (χ0v) is 11.1. The van der Waals surface area contributed by atoms with Crippen LogP contribution in [0.1, 0.15) is 12.0 Å². The fourth-order valence-electron chi connectivity index (χ4n) is 1.98. The third-order valence-electron chi connectivity index (χ3n) is 3.11. The van der Waals surface area contributed by atoms with Crippen LogP contribution in [-0.2, 0) is 10.0 Å². The van der Waals surface area contributed by atoms with E-state index in [9.17, 15) is 13.5 Å². The van der Waals surface area contributed by atoms with Gasteiger partial charge in [-0.2, -0.15) is 0 Å². The Balaban J connectivity index is 2.08. The lowest BCUT2D eigenvalue weighted by molar-refractivity contribution is 0.0667. The Bertz CT molecular complexity index is 522. The summed E-state index contributed by atoms with van der Waals surface area (Å²) >= 11 is 0. The first-order chi connectivity index (χ1) is 8.41. The van der Waals surface area contributed by atoms with Crippen LogP contribution in [0.2, 0.25) is 0 Å². The highest BCUT2D eigenvalue weighted by Gasteiger charge is 2.32. The molecule has 0 aliphatic carbocycles. The zero-order chi connectivity index (χ0) is 13.2. The Hall–Kier alpha value is -0.950. The second kappa shape index (κ2) is 4.97. The summed E-state index contributed by atoms with van der Waals surface area (Å²) in [7, 11) is -3.55. The number of sulfonamides is 1. The molecular formula is C12H18N2O3S. The van der Waals surface area contributed by atoms with Gasteiger partial charge in [-0.25, -0.2) is 13.1 Å². The Morgan fingerprint density at radius 1 is 1.50 bits per heavy atom. The molecule has 6 heteroatoms. The van der Waals surface area contributed by atoms with E-state index in [2.05, 4.69) is 10.0 Å². The largest absolute Gasteiger partial charge is 0.387 e. The van der Waals surface area contributed by atoms with Gasteiger partial charge in [-0.3, -0.25) is 0 Å². The Kier molecular flexibility index (Phi) is 3.72. The van der Waals surface area contributed by atoms with Crippen LogP contribution in [0.15, 0.2) is 29.2 Å². The number of hydrogen-bond acceptors (Lipinski definition) is 4. The van der Waals surface area contributed by atoms with Crippen LogP contribution in [-0.4, -0.2) is 38.8 Å². The van der Waals surface area contributed by atoms with Crippen molar-refractivity contribution in [3.05, 3.63) is 29.8 Å². The molecule has 1 atom stereocenters. The first kappa shape index (κ1) is 13.5. The van der Waals surface area contributed by atoms with Crippen LogP contribution in [0, 0.1) is 6.92 Å². The van der Waals surface area contributed by atoms with Gasteiger partial charge in [-0.1, -0.05) is 12.1 Å². The lowest BCUT2D eigenvalue weighted by Crippen LogP contribution is -2.44. The highest BCUT2D eigenvalue weighted by atomic mass is 32.2. The van der Waals surface area contributed by atoms with E-state index in [0.29, 0.717) is 19.5 Å². The fraction of sp³-hybridized carbons (Fsp3) is 0.500. The summed E-state index contributed by atoms with van der Waals surface area (Å²) in [6, 6.07) is 6.70. The fourth-order valence-corrected chi connectivity index (χ4v) is 3.20. The number of hydrogen-bond donors (Lipinski definition) is 3. The monoisotopic (exact) mass is 270 g/mol. The Morgan fingerprint density at radius 2 is 2.28 bits per heavy atom. The second-order valence-corrected chi connectivity index (χ2v) is 6.56. The number of benzene rings is 1. The van der Waals surface area contributed by atoms with Gasteiger partial charge in [0.05, 0.1) is 10.5 Å². The van der Waals surface area contributed by atoms with Crippen LogP contribution in [0.5, 0.6) is 0 Å². The molecule has 1 saturated heterocycles. The van der Waals surface area contributed by atoms with Crippen LogP contribution in [0.25, 0.3) is 0 Å². The minimum atomic E-state index is -3.55. The Labute approximate surface area is 107 Å². The molecule has 2 rings (SSSR count). The zero-order valence-electron chi connectivity index (χ0n) is 10.3. The predicted molar refractivity (Wildman–Crippen MR) is 68.8 cm³/mol. The third-order valence-corrected chi connectivity index (χ3v) is 4.51. The van der Waals surface area contributed by atoms with E-state index in [0.717, 1.165) is 5.56 Å². The van der Waals surface area contributed by atoms with Gasteiger partial charge >= 0.3 is 0 Å². The normalized spacial score (nSPS) is 24.3. The van der Waals surface area contributed by atoms with Crippen molar-refractivity contribution in [3.63, 3.8) is 0 Å². The third kappa shape index (κ3) is 3.08. The van der Waals surface area contributed by atoms with Crippen LogP contribution >= 0.6 is 0 Å². The first-order valence-electron chi connectivity index (χ1n) is 5.91. The lowest BCUT2D eigenvalue weighted by atomic mass is 10.1. The van der Waals surface area contributed by atoms with Crippen molar-refractivity contribution >= 4 is 10.0 Å². The van der Waals surface area contributed by atoms with Gasteiger partial charge in [0.2, 0.25) is 10.0 Å². The highest BCUT2D eigenvalue weighted by molar-refractivity contribution is 7.89. The summed E-state index contributed by atoms with van der Waals surface area (Å²) in [5.41, 5.74) is -0.0872. The summed E-state index contributed by atoms with van der Waals surface area (Å²) in [5.74, 6) is 0. The average Bonchev–Trinajstić information content (AvgIpc) is 2.75. The molecule has 100 valence electrons. The van der Waals surface area contributed by atoms with Gasteiger partial charge < -0.3 is 10.4 Å². The molecule has 0 bridgehead atoms. The van der Waals surface area contributed by atoms with Gasteiger partial charge in [0, 0.05) is 13.1 Å². The Morgan fingerprint density at radius 3 is 2.89 bits per heavy atom. The van der Waals surface area contributed by atoms with Crippen LogP contribution in [0.4, 0.5) is 0 Å². The van der Waals surface area contributed by atoms with Crippen LogP contribution in [0.3, 0.4) is 0 Å². The average molecular weight is 270 g/mol. The summed E-state index contributed by atoms with van der Waals surface area (Å²) in [6.07, 6.45) is 0.559. The van der Waals surface area contributed by atoms with E-state index in [1.807, 2.05) is 13.0 Å². The van der Waals surface area contributed by atoms with Crippen molar-refractivity contribution in [1.29, 1.82) is 0 Å². The smallest absolute Gasteiger partial charge is 0.240 e. The van der Waals surface area contributed by atoms with Crippen molar-refractivity contribution in [3.8, 4) is 0 Å².